The smallest absolute Gasteiger partial charge is 0.225 e. The van der Waals surface area contributed by atoms with Crippen molar-refractivity contribution in [2.45, 2.75) is 6.92 Å². The number of anilines is 1. The molecule has 0 radical (unpaired) electrons. The second kappa shape index (κ2) is 2.86. The van der Waals surface area contributed by atoms with Crippen LogP contribution in [0.15, 0.2) is 10.6 Å². The Morgan fingerprint density at radius 1 is 1.80 bits per heavy atom. The molecule has 0 saturated heterocycles. The predicted octanol–water partition coefficient (Wildman–Crippen LogP) is 0.0559. The molecule has 0 aliphatic carbocycles. The Balaban J connectivity index is 2.49. The number of carbonyl (C=O) groups excluding carboxylic acids is 1. The van der Waals surface area contributed by atoms with E-state index < -0.39 is 0 Å². The van der Waals surface area contributed by atoms with Gasteiger partial charge in [-0.1, -0.05) is 5.16 Å². The maximum atomic E-state index is 9.75. The van der Waals surface area contributed by atoms with Crippen LogP contribution in [0.3, 0.4) is 0 Å². The van der Waals surface area contributed by atoms with Gasteiger partial charge in [0, 0.05) is 6.07 Å². The highest BCUT2D eigenvalue weighted by Gasteiger charge is 1.95. The van der Waals surface area contributed by atoms with E-state index in [-0.39, 0.29) is 0 Å². The number of amides is 1. The van der Waals surface area contributed by atoms with Crippen LogP contribution >= 0.6 is 0 Å². The number of carbonyl (C=O) groups is 1. The van der Waals surface area contributed by atoms with Gasteiger partial charge in [-0.2, -0.15) is 0 Å². The summed E-state index contributed by atoms with van der Waals surface area (Å²) in [7, 11) is 0. The third-order valence-corrected chi connectivity index (χ3v) is 0.887. The first-order valence-electron chi connectivity index (χ1n) is 2.71. The second-order valence-corrected chi connectivity index (χ2v) is 1.71. The Kier molecular flexibility index (Phi) is 1.89. The van der Waals surface area contributed by atoms with Crippen molar-refractivity contribution in [3.05, 3.63) is 11.8 Å². The maximum absolute atomic E-state index is 9.75. The van der Waals surface area contributed by atoms with E-state index in [2.05, 4.69) is 16.0 Å². The second-order valence-electron chi connectivity index (χ2n) is 1.71. The van der Waals surface area contributed by atoms with E-state index in [9.17, 15) is 4.79 Å². The van der Waals surface area contributed by atoms with Crippen molar-refractivity contribution in [1.82, 2.24) is 10.6 Å². The summed E-state index contributed by atoms with van der Waals surface area (Å²) in [6, 6.07) is 1.66. The van der Waals surface area contributed by atoms with Crippen LogP contribution in [0.5, 0.6) is 0 Å². The molecule has 10 heavy (non-hydrogen) atoms. The molecule has 0 unspecified atom stereocenters. The van der Waals surface area contributed by atoms with Gasteiger partial charge in [-0.15, -0.1) is 0 Å². The Bertz CT molecular complexity index is 220. The van der Waals surface area contributed by atoms with E-state index >= 15 is 0 Å². The first kappa shape index (κ1) is 6.60. The fourth-order valence-electron chi connectivity index (χ4n) is 0.529. The molecular formula is C5H7N3O2. The summed E-state index contributed by atoms with van der Waals surface area (Å²) in [5.41, 5.74) is 4.72. The predicted molar refractivity (Wildman–Crippen MR) is 34.1 cm³/mol. The molecule has 2 N–H and O–H groups in total. The summed E-state index contributed by atoms with van der Waals surface area (Å²) in [5, 5.41) is 3.55. The quantitative estimate of drug-likeness (QED) is 0.461. The fourth-order valence-corrected chi connectivity index (χ4v) is 0.529. The number of aromatic nitrogens is 1. The molecule has 0 saturated carbocycles. The summed E-state index contributed by atoms with van der Waals surface area (Å²) in [4.78, 5) is 9.75. The van der Waals surface area contributed by atoms with E-state index in [1.54, 1.807) is 13.0 Å². The standard InChI is InChI=1S/C5H7N3O2/c1-4-2-5(8-10-4)7-6-3-9/h2-3H,1H3,(H,6,9)(H,7,8). The third kappa shape index (κ3) is 1.48. The summed E-state index contributed by atoms with van der Waals surface area (Å²) >= 11 is 0. The van der Waals surface area contributed by atoms with Crippen LogP contribution in [0.25, 0.3) is 0 Å². The van der Waals surface area contributed by atoms with Gasteiger partial charge in [0.15, 0.2) is 5.82 Å². The molecule has 1 aromatic rings. The average molecular weight is 141 g/mol. The van der Waals surface area contributed by atoms with Crippen molar-refractivity contribution in [2.75, 3.05) is 5.43 Å². The summed E-state index contributed by atoms with van der Waals surface area (Å²) < 4.78 is 4.69. The van der Waals surface area contributed by atoms with Crippen molar-refractivity contribution in [1.29, 1.82) is 0 Å². The molecule has 0 spiro atoms. The molecule has 5 heteroatoms. The van der Waals surface area contributed by atoms with Gasteiger partial charge in [0.1, 0.15) is 5.76 Å². The highest BCUT2D eigenvalue weighted by molar-refractivity contribution is 5.50. The Hall–Kier alpha value is -1.52. The lowest BCUT2D eigenvalue weighted by Gasteiger charge is -1.93. The summed E-state index contributed by atoms with van der Waals surface area (Å²) in [6.07, 6.45) is 0.518. The van der Waals surface area contributed by atoms with Crippen LogP contribution in [0.4, 0.5) is 5.82 Å². The largest absolute Gasteiger partial charge is 0.359 e. The summed E-state index contributed by atoms with van der Waals surface area (Å²) in [6.45, 7) is 1.76. The number of nitrogens with one attached hydrogen (secondary N) is 2. The first-order chi connectivity index (χ1) is 4.83. The molecule has 1 heterocycles. The minimum absolute atomic E-state index is 0.490. The molecule has 1 rings (SSSR count). The van der Waals surface area contributed by atoms with E-state index in [1.807, 2.05) is 0 Å². The lowest BCUT2D eigenvalue weighted by atomic mass is 10.5. The Morgan fingerprint density at radius 3 is 3.10 bits per heavy atom. The van der Waals surface area contributed by atoms with Crippen molar-refractivity contribution >= 4 is 12.2 Å². The SMILES string of the molecule is Cc1cc(NNC=O)no1. The van der Waals surface area contributed by atoms with Crippen LogP contribution in [0.1, 0.15) is 5.76 Å². The number of hydrazine groups is 1. The minimum Gasteiger partial charge on any atom is -0.359 e. The Labute approximate surface area is 57.4 Å². The zero-order valence-electron chi connectivity index (χ0n) is 5.42. The molecule has 1 aromatic heterocycles. The normalized spacial score (nSPS) is 8.90. The fraction of sp³-hybridized carbons (Fsp3) is 0.200. The van der Waals surface area contributed by atoms with Crippen LogP contribution in [-0.2, 0) is 4.79 Å². The lowest BCUT2D eigenvalue weighted by molar-refractivity contribution is -0.109. The summed E-state index contributed by atoms with van der Waals surface area (Å²) in [5.74, 6) is 1.18. The number of hydrogen-bond donors (Lipinski definition) is 2. The molecule has 54 valence electrons. The molecule has 0 aliphatic heterocycles. The third-order valence-electron chi connectivity index (χ3n) is 0.887. The number of hydrogen-bond acceptors (Lipinski definition) is 4. The van der Waals surface area contributed by atoms with Gasteiger partial charge in [0.25, 0.3) is 0 Å². The maximum Gasteiger partial charge on any atom is 0.225 e. The molecule has 5 nitrogen and oxygen atoms in total. The van der Waals surface area contributed by atoms with Crippen LogP contribution in [0.2, 0.25) is 0 Å². The molecule has 0 fully saturated rings. The zero-order chi connectivity index (χ0) is 7.40. The van der Waals surface area contributed by atoms with E-state index in [0.29, 0.717) is 18.0 Å². The molecule has 0 atom stereocenters. The van der Waals surface area contributed by atoms with Gasteiger partial charge in [-0.05, 0) is 6.92 Å². The number of aryl methyl sites for hydroxylation is 1. The van der Waals surface area contributed by atoms with Gasteiger partial charge in [-0.3, -0.25) is 15.6 Å². The Morgan fingerprint density at radius 2 is 2.60 bits per heavy atom. The topological polar surface area (TPSA) is 67.2 Å². The van der Waals surface area contributed by atoms with Crippen LogP contribution in [0, 0.1) is 6.92 Å². The van der Waals surface area contributed by atoms with E-state index in [0.717, 1.165) is 0 Å². The highest BCUT2D eigenvalue weighted by Crippen LogP contribution is 2.04. The number of nitrogens with zero attached hydrogens (tertiary/aromatic N) is 1. The van der Waals surface area contributed by atoms with Crippen molar-refractivity contribution in [2.24, 2.45) is 0 Å². The van der Waals surface area contributed by atoms with Gasteiger partial charge >= 0.3 is 0 Å². The van der Waals surface area contributed by atoms with Gasteiger partial charge in [0.2, 0.25) is 6.41 Å². The van der Waals surface area contributed by atoms with E-state index in [1.165, 1.54) is 0 Å². The van der Waals surface area contributed by atoms with Gasteiger partial charge in [-0.25, -0.2) is 0 Å². The molecule has 1 amide bonds. The minimum atomic E-state index is 0.490. The zero-order valence-corrected chi connectivity index (χ0v) is 5.42. The molecule has 0 bridgehead atoms. The van der Waals surface area contributed by atoms with Gasteiger partial charge in [0.05, 0.1) is 0 Å². The van der Waals surface area contributed by atoms with Crippen molar-refractivity contribution in [3.8, 4) is 0 Å². The van der Waals surface area contributed by atoms with Crippen LogP contribution in [-0.4, -0.2) is 11.6 Å². The van der Waals surface area contributed by atoms with Crippen molar-refractivity contribution < 1.29 is 9.32 Å². The highest BCUT2D eigenvalue weighted by atomic mass is 16.5. The van der Waals surface area contributed by atoms with Crippen molar-refractivity contribution in [3.63, 3.8) is 0 Å². The van der Waals surface area contributed by atoms with E-state index in [4.69, 9.17) is 4.52 Å². The molecular weight excluding hydrogens is 134 g/mol. The lowest BCUT2D eigenvalue weighted by Crippen LogP contribution is -2.18. The molecule has 0 aliphatic rings. The number of rotatable bonds is 3. The monoisotopic (exact) mass is 141 g/mol. The van der Waals surface area contributed by atoms with Crippen LogP contribution < -0.4 is 10.9 Å². The first-order valence-corrected chi connectivity index (χ1v) is 2.71. The average Bonchev–Trinajstić information content (AvgIpc) is 2.31. The molecule has 0 aromatic carbocycles. The van der Waals surface area contributed by atoms with Gasteiger partial charge < -0.3 is 4.52 Å².